The number of nitrogens with zero attached hydrogens (tertiary/aromatic N) is 1. The van der Waals surface area contributed by atoms with Crippen LogP contribution in [0.5, 0.6) is 0 Å². The molecule has 0 aliphatic heterocycles. The molecule has 0 saturated heterocycles. The van der Waals surface area contributed by atoms with Crippen LogP contribution in [-0.2, 0) is 0 Å². The van der Waals surface area contributed by atoms with Crippen molar-refractivity contribution in [2.45, 2.75) is 29.9 Å². The Hall–Kier alpha value is -1.71. The third-order valence-electron chi connectivity index (χ3n) is 5.01. The van der Waals surface area contributed by atoms with E-state index in [4.69, 9.17) is 0 Å². The minimum atomic E-state index is -1.20. The van der Waals surface area contributed by atoms with E-state index in [-0.39, 0.29) is 0 Å². The van der Waals surface area contributed by atoms with Crippen LogP contribution in [-0.4, -0.2) is 31.8 Å². The van der Waals surface area contributed by atoms with Gasteiger partial charge in [0.25, 0.3) is 0 Å². The summed E-state index contributed by atoms with van der Waals surface area (Å²) in [6.07, 6.45) is 7.35. The van der Waals surface area contributed by atoms with Crippen molar-refractivity contribution in [3.63, 3.8) is 0 Å². The predicted octanol–water partition coefficient (Wildman–Crippen LogP) is 5.44. The number of benzene rings is 2. The van der Waals surface area contributed by atoms with Gasteiger partial charge in [-0.1, -0.05) is 55.8 Å². The second kappa shape index (κ2) is 7.67. The molecule has 2 nitrogen and oxygen atoms in total. The van der Waals surface area contributed by atoms with Crippen LogP contribution < -0.4 is 4.72 Å². The zero-order valence-corrected chi connectivity index (χ0v) is 16.6. The van der Waals surface area contributed by atoms with Crippen molar-refractivity contribution in [2.24, 2.45) is 0 Å². The lowest BCUT2D eigenvalue weighted by Gasteiger charge is -2.43. The number of hydrogen-bond donors (Lipinski definition) is 1. The molecule has 0 heterocycles. The summed E-state index contributed by atoms with van der Waals surface area (Å²) in [6.45, 7) is 3.33. The smallest absolute Gasteiger partial charge is 0.0502 e. The first-order valence-corrected chi connectivity index (χ1v) is 11.2. The number of unbranched alkanes of at least 4 members (excludes halogenated alkanes) is 1. The lowest BCUT2D eigenvalue weighted by Crippen LogP contribution is -2.25. The minimum Gasteiger partial charge on any atom is -0.377 e. The van der Waals surface area contributed by atoms with Gasteiger partial charge in [-0.15, -0.1) is 0 Å². The molecular weight excluding hydrogens is 324 g/mol. The Labute approximate surface area is 154 Å². The van der Waals surface area contributed by atoms with Crippen molar-refractivity contribution in [1.82, 2.24) is 9.62 Å². The van der Waals surface area contributed by atoms with E-state index in [1.165, 1.54) is 34.6 Å². The third kappa shape index (κ3) is 3.49. The van der Waals surface area contributed by atoms with Crippen LogP contribution in [0.2, 0.25) is 0 Å². The quantitative estimate of drug-likeness (QED) is 0.666. The van der Waals surface area contributed by atoms with E-state index in [1.54, 1.807) is 0 Å². The highest BCUT2D eigenvalue weighted by Crippen LogP contribution is 2.64. The fourth-order valence-electron chi connectivity index (χ4n) is 3.57. The summed E-state index contributed by atoms with van der Waals surface area (Å²) in [5.74, 6) is 0. The Morgan fingerprint density at radius 1 is 1.00 bits per heavy atom. The molecule has 1 aliphatic carbocycles. The number of hydrogen-bond acceptors (Lipinski definition) is 2. The van der Waals surface area contributed by atoms with Gasteiger partial charge in [-0.3, -0.25) is 4.72 Å². The van der Waals surface area contributed by atoms with Crippen molar-refractivity contribution in [2.75, 3.05) is 26.9 Å². The maximum Gasteiger partial charge on any atom is 0.0502 e. The molecule has 2 unspecified atom stereocenters. The Morgan fingerprint density at radius 2 is 1.68 bits per heavy atom. The van der Waals surface area contributed by atoms with Gasteiger partial charge in [-0.25, -0.2) is 0 Å². The summed E-state index contributed by atoms with van der Waals surface area (Å²) in [5.41, 5.74) is 4.17. The molecule has 0 spiro atoms. The van der Waals surface area contributed by atoms with Gasteiger partial charge in [-0.05, 0) is 36.4 Å². The highest BCUT2D eigenvalue weighted by molar-refractivity contribution is 8.32. The molecule has 1 N–H and O–H groups in total. The molecule has 2 aromatic rings. The molecule has 134 valence electrons. The molecule has 25 heavy (non-hydrogen) atoms. The molecule has 0 saturated carbocycles. The van der Waals surface area contributed by atoms with Crippen molar-refractivity contribution in [1.29, 1.82) is 0 Å². The largest absolute Gasteiger partial charge is 0.377 e. The average Bonchev–Trinajstić information content (AvgIpc) is 3.03. The summed E-state index contributed by atoms with van der Waals surface area (Å²) in [4.78, 5) is 3.68. The number of fused-ring (bicyclic) bond motifs is 1. The van der Waals surface area contributed by atoms with Gasteiger partial charge in [0, 0.05) is 36.8 Å². The predicted molar refractivity (Wildman–Crippen MR) is 112 cm³/mol. The minimum absolute atomic E-state index is 0.403. The van der Waals surface area contributed by atoms with E-state index >= 15 is 0 Å². The van der Waals surface area contributed by atoms with Gasteiger partial charge >= 0.3 is 0 Å². The van der Waals surface area contributed by atoms with Crippen LogP contribution in [0.3, 0.4) is 0 Å². The van der Waals surface area contributed by atoms with E-state index in [1.807, 2.05) is 0 Å². The van der Waals surface area contributed by atoms with E-state index in [2.05, 4.69) is 97.6 Å². The summed E-state index contributed by atoms with van der Waals surface area (Å²) in [6, 6.07) is 19.9. The first-order chi connectivity index (χ1) is 12.1. The van der Waals surface area contributed by atoms with Gasteiger partial charge in [0.15, 0.2) is 0 Å². The number of rotatable bonds is 7. The van der Waals surface area contributed by atoms with E-state index in [0.717, 1.165) is 6.54 Å². The fourth-order valence-corrected chi connectivity index (χ4v) is 6.61. The first kappa shape index (κ1) is 18.1. The molecule has 1 aliphatic rings. The topological polar surface area (TPSA) is 15.3 Å². The SMILES string of the molecule is CCCCNS(C)(c1ccccc1)C1C=C(N(C)C)c2ccccc21. The van der Waals surface area contributed by atoms with Crippen LogP contribution in [0.15, 0.2) is 65.6 Å². The lowest BCUT2D eigenvalue weighted by atomic mass is 10.1. The van der Waals surface area contributed by atoms with Gasteiger partial charge in [0.05, 0.1) is 5.25 Å². The molecule has 3 heteroatoms. The second-order valence-corrected chi connectivity index (χ2v) is 10.2. The monoisotopic (exact) mass is 354 g/mol. The van der Waals surface area contributed by atoms with Crippen LogP contribution in [0.4, 0.5) is 0 Å². The molecular formula is C22H30N2S. The average molecular weight is 355 g/mol. The van der Waals surface area contributed by atoms with Gasteiger partial charge in [-0.2, -0.15) is 10.2 Å². The standard InChI is InChI=1S/C22H30N2S/c1-5-6-16-23-25(4,18-12-8-7-9-13-18)22-17-21(24(2)3)19-14-10-11-15-20(19)22/h7-15,17,22-23H,5-6,16H2,1-4H3. The first-order valence-electron chi connectivity index (χ1n) is 9.13. The molecule has 2 aromatic carbocycles. The Bertz CT molecular complexity index is 739. The van der Waals surface area contributed by atoms with Gasteiger partial charge in [0.1, 0.15) is 0 Å². The van der Waals surface area contributed by atoms with Crippen LogP contribution in [0, 0.1) is 0 Å². The molecule has 0 amide bonds. The Morgan fingerprint density at radius 3 is 2.36 bits per heavy atom. The molecule has 0 bridgehead atoms. The molecule has 0 aromatic heterocycles. The highest BCUT2D eigenvalue weighted by atomic mass is 32.3. The third-order valence-corrected chi connectivity index (χ3v) is 8.47. The van der Waals surface area contributed by atoms with Crippen LogP contribution in [0.25, 0.3) is 5.70 Å². The summed E-state index contributed by atoms with van der Waals surface area (Å²) in [5, 5.41) is 0.403. The highest BCUT2D eigenvalue weighted by Gasteiger charge is 2.36. The fraction of sp³-hybridized carbons (Fsp3) is 0.364. The molecule has 0 radical (unpaired) electrons. The van der Waals surface area contributed by atoms with Crippen molar-refractivity contribution < 1.29 is 0 Å². The van der Waals surface area contributed by atoms with Crippen molar-refractivity contribution in [3.05, 3.63) is 71.8 Å². The summed E-state index contributed by atoms with van der Waals surface area (Å²) in [7, 11) is 3.09. The Balaban J connectivity index is 2.07. The zero-order chi connectivity index (χ0) is 17.9. The lowest BCUT2D eigenvalue weighted by molar-refractivity contribution is 0.593. The van der Waals surface area contributed by atoms with E-state index in [0.29, 0.717) is 5.25 Å². The van der Waals surface area contributed by atoms with Crippen LogP contribution in [0.1, 0.15) is 36.1 Å². The molecule has 3 rings (SSSR count). The van der Waals surface area contributed by atoms with Crippen LogP contribution >= 0.6 is 10.2 Å². The maximum absolute atomic E-state index is 3.98. The normalized spacial score (nSPS) is 19.7. The summed E-state index contributed by atoms with van der Waals surface area (Å²) >= 11 is 0. The summed E-state index contributed by atoms with van der Waals surface area (Å²) < 4.78 is 3.98. The Kier molecular flexibility index (Phi) is 5.55. The maximum atomic E-state index is 3.98. The zero-order valence-electron chi connectivity index (χ0n) is 15.8. The molecule has 2 atom stereocenters. The van der Waals surface area contributed by atoms with Crippen molar-refractivity contribution >= 4 is 15.9 Å². The van der Waals surface area contributed by atoms with Crippen molar-refractivity contribution in [3.8, 4) is 0 Å². The second-order valence-electron chi connectivity index (χ2n) is 7.00. The molecule has 0 fully saturated rings. The number of nitrogens with one attached hydrogen (secondary N) is 1. The van der Waals surface area contributed by atoms with E-state index in [9.17, 15) is 0 Å². The van der Waals surface area contributed by atoms with Gasteiger partial charge in [0.2, 0.25) is 0 Å². The van der Waals surface area contributed by atoms with E-state index < -0.39 is 10.2 Å². The van der Waals surface area contributed by atoms with Gasteiger partial charge < -0.3 is 4.90 Å².